The number of aromatic nitrogens is 3. The molecule has 2 aromatic carbocycles. The summed E-state index contributed by atoms with van der Waals surface area (Å²) in [4.78, 5) is 74.8. The maximum absolute atomic E-state index is 13.2. The maximum Gasteiger partial charge on any atom is 0.347 e. The quantitative estimate of drug-likeness (QED) is 0.149. The van der Waals surface area contributed by atoms with Crippen LogP contribution in [-0.4, -0.2) is 68.4 Å². The molecule has 218 valence electrons. The van der Waals surface area contributed by atoms with Crippen molar-refractivity contribution in [1.82, 2.24) is 25.2 Å². The van der Waals surface area contributed by atoms with Gasteiger partial charge in [0.05, 0.1) is 16.5 Å². The van der Waals surface area contributed by atoms with Crippen LogP contribution in [0.2, 0.25) is 0 Å². The zero-order chi connectivity index (χ0) is 30.1. The molecule has 2 aliphatic rings. The van der Waals surface area contributed by atoms with E-state index in [9.17, 15) is 24.0 Å². The van der Waals surface area contributed by atoms with Gasteiger partial charge in [-0.2, -0.15) is 0 Å². The van der Waals surface area contributed by atoms with Crippen molar-refractivity contribution in [2.45, 2.75) is 32.1 Å². The number of aromatic amines is 1. The molecular formula is C29H24N6O8. The van der Waals surface area contributed by atoms with Crippen molar-refractivity contribution in [3.63, 3.8) is 0 Å². The molecule has 2 aromatic heterocycles. The molecule has 4 amide bonds. The minimum absolute atomic E-state index is 0.000891. The van der Waals surface area contributed by atoms with Crippen molar-refractivity contribution in [2.75, 3.05) is 11.9 Å². The van der Waals surface area contributed by atoms with Crippen LogP contribution >= 0.6 is 0 Å². The second kappa shape index (κ2) is 11.2. The van der Waals surface area contributed by atoms with Crippen molar-refractivity contribution < 1.29 is 38.2 Å². The predicted molar refractivity (Wildman–Crippen MR) is 148 cm³/mol. The number of carbonyl (C=O) groups excluding carboxylic acids is 5. The van der Waals surface area contributed by atoms with E-state index in [2.05, 4.69) is 25.6 Å². The average molecular weight is 585 g/mol. The van der Waals surface area contributed by atoms with Crippen LogP contribution in [0.15, 0.2) is 61.1 Å². The summed E-state index contributed by atoms with van der Waals surface area (Å²) in [5, 5.41) is 6.17. The lowest BCUT2D eigenvalue weighted by Gasteiger charge is -2.27. The van der Waals surface area contributed by atoms with Crippen molar-refractivity contribution >= 4 is 52.1 Å². The molecule has 43 heavy (non-hydrogen) atoms. The Morgan fingerprint density at radius 2 is 1.93 bits per heavy atom. The SMILES string of the molecule is CC(OC(=O)COc1cccc2c1C(=O)N(C1CCC(=O)NC1=O)C2=O)Oc1cccc(Nc2ncnc3[nH]ccc23)c1. The smallest absolute Gasteiger partial charge is 0.347 e. The third kappa shape index (κ3) is 5.45. The largest absolute Gasteiger partial charge is 0.481 e. The Hall–Kier alpha value is -5.79. The minimum atomic E-state index is -1.12. The summed E-state index contributed by atoms with van der Waals surface area (Å²) in [5.41, 5.74) is 1.34. The Morgan fingerprint density at radius 1 is 1.09 bits per heavy atom. The van der Waals surface area contributed by atoms with Gasteiger partial charge in [0.15, 0.2) is 6.61 Å². The number of ether oxygens (including phenoxy) is 3. The van der Waals surface area contributed by atoms with Gasteiger partial charge in [-0.15, -0.1) is 0 Å². The highest BCUT2D eigenvalue weighted by Gasteiger charge is 2.46. The minimum Gasteiger partial charge on any atom is -0.481 e. The Labute approximate surface area is 243 Å². The zero-order valence-electron chi connectivity index (χ0n) is 22.7. The summed E-state index contributed by atoms with van der Waals surface area (Å²) in [7, 11) is 0. The number of H-pyrrole nitrogens is 1. The normalized spacial score (nSPS) is 17.0. The molecule has 0 saturated carbocycles. The maximum atomic E-state index is 13.2. The van der Waals surface area contributed by atoms with Crippen LogP contribution in [0.5, 0.6) is 11.5 Å². The van der Waals surface area contributed by atoms with Crippen LogP contribution in [0.4, 0.5) is 11.5 Å². The first-order valence-corrected chi connectivity index (χ1v) is 13.3. The number of piperidine rings is 1. The molecule has 0 radical (unpaired) electrons. The van der Waals surface area contributed by atoms with Crippen LogP contribution < -0.4 is 20.1 Å². The Morgan fingerprint density at radius 3 is 2.77 bits per heavy atom. The summed E-state index contributed by atoms with van der Waals surface area (Å²) >= 11 is 0. The molecule has 0 spiro atoms. The lowest BCUT2D eigenvalue weighted by molar-refractivity contribution is -0.163. The summed E-state index contributed by atoms with van der Waals surface area (Å²) in [6, 6.07) is 12.1. The number of carbonyl (C=O) groups is 5. The van der Waals surface area contributed by atoms with E-state index >= 15 is 0 Å². The number of benzene rings is 2. The first-order valence-electron chi connectivity index (χ1n) is 13.3. The highest BCUT2D eigenvalue weighted by atomic mass is 16.7. The number of hydrogen-bond donors (Lipinski definition) is 3. The summed E-state index contributed by atoms with van der Waals surface area (Å²) < 4.78 is 16.6. The lowest BCUT2D eigenvalue weighted by atomic mass is 10.0. The third-order valence-electron chi connectivity index (χ3n) is 6.83. The number of hydrogen-bond acceptors (Lipinski definition) is 11. The van der Waals surface area contributed by atoms with E-state index in [1.807, 2.05) is 12.1 Å². The molecule has 0 bridgehead atoms. The van der Waals surface area contributed by atoms with Gasteiger partial charge in [0.25, 0.3) is 11.8 Å². The number of amides is 4. The molecule has 2 unspecified atom stereocenters. The fourth-order valence-corrected chi connectivity index (χ4v) is 4.93. The highest BCUT2D eigenvalue weighted by molar-refractivity contribution is 6.24. The van der Waals surface area contributed by atoms with Gasteiger partial charge in [0.1, 0.15) is 35.3 Å². The first-order chi connectivity index (χ1) is 20.8. The number of nitrogens with one attached hydrogen (secondary N) is 3. The van der Waals surface area contributed by atoms with Crippen molar-refractivity contribution in [2.24, 2.45) is 0 Å². The Bertz CT molecular complexity index is 1790. The van der Waals surface area contributed by atoms with E-state index in [0.717, 1.165) is 10.3 Å². The second-order valence-corrected chi connectivity index (χ2v) is 9.70. The molecule has 2 atom stereocenters. The van der Waals surface area contributed by atoms with Crippen molar-refractivity contribution in [3.8, 4) is 11.5 Å². The summed E-state index contributed by atoms with van der Waals surface area (Å²) in [5.74, 6) is -2.40. The van der Waals surface area contributed by atoms with E-state index in [-0.39, 0.29) is 29.7 Å². The zero-order valence-corrected chi connectivity index (χ0v) is 22.7. The van der Waals surface area contributed by atoms with Gasteiger partial charge in [0, 0.05) is 31.3 Å². The Kier molecular flexibility index (Phi) is 7.15. The van der Waals surface area contributed by atoms with E-state index in [4.69, 9.17) is 14.2 Å². The van der Waals surface area contributed by atoms with E-state index < -0.39 is 48.5 Å². The molecule has 4 aromatic rings. The number of fused-ring (bicyclic) bond motifs is 2. The number of esters is 1. The van der Waals surface area contributed by atoms with Gasteiger partial charge >= 0.3 is 5.97 Å². The van der Waals surface area contributed by atoms with Crippen LogP contribution in [0.3, 0.4) is 0 Å². The molecule has 6 rings (SSSR count). The van der Waals surface area contributed by atoms with E-state index in [0.29, 0.717) is 22.9 Å². The van der Waals surface area contributed by atoms with Crippen molar-refractivity contribution in [1.29, 1.82) is 0 Å². The summed E-state index contributed by atoms with van der Waals surface area (Å²) in [6.07, 6.45) is 2.24. The van der Waals surface area contributed by atoms with Gasteiger partial charge < -0.3 is 24.5 Å². The first kappa shape index (κ1) is 27.4. The third-order valence-corrected chi connectivity index (χ3v) is 6.83. The predicted octanol–water partition coefficient (Wildman–Crippen LogP) is 2.45. The molecule has 2 aliphatic heterocycles. The van der Waals surface area contributed by atoms with Crippen LogP contribution in [0.1, 0.15) is 40.5 Å². The standard InChI is InChI=1S/C29H24N6O8/c1-15(42-17-5-2-4-16(12-17)33-26-19-10-11-30-25(19)31-14-32-26)43-23(37)13-41-21-7-3-6-18-24(21)29(40)35(28(18)39)20-8-9-22(36)34-27(20)38/h2-7,10-12,14-15,20H,8-9,13H2,1H3,(H,34,36,38)(H2,30,31,32,33). The van der Waals surface area contributed by atoms with Crippen LogP contribution in [0.25, 0.3) is 11.0 Å². The lowest BCUT2D eigenvalue weighted by Crippen LogP contribution is -2.54. The van der Waals surface area contributed by atoms with Gasteiger partial charge in [-0.05, 0) is 36.8 Å². The van der Waals surface area contributed by atoms with Gasteiger partial charge in [0.2, 0.25) is 18.1 Å². The molecule has 14 nitrogen and oxygen atoms in total. The topological polar surface area (TPSA) is 182 Å². The molecule has 14 heteroatoms. The van der Waals surface area contributed by atoms with E-state index in [1.54, 1.807) is 24.4 Å². The average Bonchev–Trinajstić information content (AvgIpc) is 3.56. The molecule has 0 aliphatic carbocycles. The van der Waals surface area contributed by atoms with Gasteiger partial charge in [-0.1, -0.05) is 12.1 Å². The second-order valence-electron chi connectivity index (χ2n) is 9.70. The number of anilines is 2. The number of rotatable bonds is 9. The number of nitrogens with zero attached hydrogens (tertiary/aromatic N) is 3. The fourth-order valence-electron chi connectivity index (χ4n) is 4.93. The highest BCUT2D eigenvalue weighted by Crippen LogP contribution is 2.33. The van der Waals surface area contributed by atoms with Gasteiger partial charge in [-0.3, -0.25) is 29.4 Å². The fraction of sp³-hybridized carbons (Fsp3) is 0.207. The van der Waals surface area contributed by atoms with E-state index in [1.165, 1.54) is 31.5 Å². The van der Waals surface area contributed by atoms with Crippen molar-refractivity contribution in [3.05, 3.63) is 72.2 Å². The molecule has 1 saturated heterocycles. The van der Waals surface area contributed by atoms with Crippen LogP contribution in [0, 0.1) is 0 Å². The Balaban J connectivity index is 1.06. The molecule has 3 N–H and O–H groups in total. The van der Waals surface area contributed by atoms with Crippen LogP contribution in [-0.2, 0) is 19.1 Å². The summed E-state index contributed by atoms with van der Waals surface area (Å²) in [6.45, 7) is 0.956. The molecular weight excluding hydrogens is 560 g/mol. The molecule has 1 fully saturated rings. The number of imide groups is 2. The van der Waals surface area contributed by atoms with Gasteiger partial charge in [-0.25, -0.2) is 14.8 Å². The molecule has 4 heterocycles. The monoisotopic (exact) mass is 584 g/mol.